The van der Waals surface area contributed by atoms with Crippen LogP contribution in [0.5, 0.6) is 0 Å². The summed E-state index contributed by atoms with van der Waals surface area (Å²) >= 11 is 0. The van der Waals surface area contributed by atoms with E-state index in [9.17, 15) is 23.8 Å². The Morgan fingerprint density at radius 3 is 1.38 bits per heavy atom. The highest BCUT2D eigenvalue weighted by Crippen LogP contribution is 2.43. The minimum Gasteiger partial charge on any atom is -0.480 e. The van der Waals surface area contributed by atoms with Gasteiger partial charge >= 0.3 is 25.7 Å². The molecule has 61 heavy (non-hydrogen) atoms. The first-order valence-electron chi connectivity index (χ1n) is 24.5. The molecule has 0 rings (SSSR count). The first-order chi connectivity index (χ1) is 29.6. The lowest BCUT2D eigenvalue weighted by molar-refractivity contribution is -0.161. The van der Waals surface area contributed by atoms with E-state index in [1.165, 1.54) is 128 Å². The van der Waals surface area contributed by atoms with Gasteiger partial charge in [-0.3, -0.25) is 23.4 Å². The Kier molecular flexibility index (Phi) is 42.6. The molecule has 0 radical (unpaired) electrons. The van der Waals surface area contributed by atoms with Crippen molar-refractivity contribution in [3.63, 3.8) is 0 Å². The van der Waals surface area contributed by atoms with Crippen molar-refractivity contribution in [3.8, 4) is 0 Å². The number of unbranched alkanes of at least 4 members (excludes halogenated alkanes) is 26. The maximum atomic E-state index is 12.6. The fraction of sp³-hybridized carbons (Fsp3) is 0.816. The van der Waals surface area contributed by atoms with E-state index in [4.69, 9.17) is 24.8 Å². The third kappa shape index (κ3) is 44.1. The first kappa shape index (κ1) is 58.7. The number of rotatable bonds is 46. The molecule has 0 heterocycles. The average Bonchev–Trinajstić information content (AvgIpc) is 3.24. The van der Waals surface area contributed by atoms with Crippen molar-refractivity contribution in [2.75, 3.05) is 19.8 Å². The quantitative estimate of drug-likeness (QED) is 0.0230. The Bertz CT molecular complexity index is 1180. The lowest BCUT2D eigenvalue weighted by Crippen LogP contribution is -2.34. The number of phosphoric acid groups is 1. The SMILES string of the molecule is CC/C=C\C/C=C\C/C=C\CCCCCC(=O)OC(COC(=O)CCCCCCCCCCCCCCCCCCCCCCCCCC)COP(=O)(O)OCC(N)C(=O)O. The molecule has 0 aliphatic heterocycles. The van der Waals surface area contributed by atoms with Gasteiger partial charge in [-0.05, 0) is 44.9 Å². The summed E-state index contributed by atoms with van der Waals surface area (Å²) in [5.41, 5.74) is 5.34. The lowest BCUT2D eigenvalue weighted by Gasteiger charge is -2.20. The van der Waals surface area contributed by atoms with Crippen LogP contribution >= 0.6 is 7.82 Å². The molecule has 0 amide bonds. The highest BCUT2D eigenvalue weighted by molar-refractivity contribution is 7.47. The summed E-state index contributed by atoms with van der Waals surface area (Å²) in [5, 5.41) is 8.90. The molecule has 4 N–H and O–H groups in total. The molecule has 0 saturated carbocycles. The summed E-state index contributed by atoms with van der Waals surface area (Å²) in [5.74, 6) is -2.41. The van der Waals surface area contributed by atoms with Crippen molar-refractivity contribution < 1.29 is 47.5 Å². The molecule has 0 fully saturated rings. The second-order valence-corrected chi connectivity index (χ2v) is 18.0. The Morgan fingerprint density at radius 2 is 0.918 bits per heavy atom. The van der Waals surface area contributed by atoms with E-state index in [0.29, 0.717) is 12.8 Å². The lowest BCUT2D eigenvalue weighted by atomic mass is 10.0. The second kappa shape index (κ2) is 44.3. The number of carbonyl (C=O) groups excluding carboxylic acids is 2. The maximum Gasteiger partial charge on any atom is 0.472 e. The fourth-order valence-electron chi connectivity index (χ4n) is 6.85. The predicted molar refractivity (Wildman–Crippen MR) is 249 cm³/mol. The Morgan fingerprint density at radius 1 is 0.525 bits per heavy atom. The molecule has 3 unspecified atom stereocenters. The maximum absolute atomic E-state index is 12.6. The van der Waals surface area contributed by atoms with Crippen LogP contribution in [0, 0.1) is 0 Å². The number of nitrogens with two attached hydrogens (primary N) is 1. The van der Waals surface area contributed by atoms with Crippen molar-refractivity contribution in [3.05, 3.63) is 36.5 Å². The zero-order valence-corrected chi connectivity index (χ0v) is 39.7. The molecular weight excluding hydrogens is 794 g/mol. The van der Waals surface area contributed by atoms with Gasteiger partial charge in [-0.2, -0.15) is 0 Å². The number of hydrogen-bond acceptors (Lipinski definition) is 9. The van der Waals surface area contributed by atoms with Crippen LogP contribution in [-0.4, -0.2) is 59.9 Å². The van der Waals surface area contributed by atoms with Crippen LogP contribution in [0.3, 0.4) is 0 Å². The number of esters is 2. The number of ether oxygens (including phenoxy) is 2. The van der Waals surface area contributed by atoms with Crippen LogP contribution in [0.2, 0.25) is 0 Å². The molecule has 3 atom stereocenters. The van der Waals surface area contributed by atoms with Crippen molar-refractivity contribution >= 4 is 25.7 Å². The van der Waals surface area contributed by atoms with Gasteiger partial charge in [-0.1, -0.05) is 204 Å². The molecule has 0 spiro atoms. The second-order valence-electron chi connectivity index (χ2n) is 16.6. The van der Waals surface area contributed by atoms with Gasteiger partial charge in [0.25, 0.3) is 0 Å². The number of carboxylic acids is 1. The largest absolute Gasteiger partial charge is 0.480 e. The van der Waals surface area contributed by atoms with Crippen molar-refractivity contribution in [2.45, 2.75) is 238 Å². The number of hydrogen-bond donors (Lipinski definition) is 3. The minimum absolute atomic E-state index is 0.127. The van der Waals surface area contributed by atoms with Crippen molar-refractivity contribution in [1.29, 1.82) is 0 Å². The number of aliphatic carboxylic acids is 1. The molecular formula is C49H90NO10P. The summed E-state index contributed by atoms with van der Waals surface area (Å²) in [6.07, 6.45) is 49.5. The smallest absolute Gasteiger partial charge is 0.472 e. The van der Waals surface area contributed by atoms with Gasteiger partial charge in [0.15, 0.2) is 6.10 Å². The van der Waals surface area contributed by atoms with Gasteiger partial charge in [-0.15, -0.1) is 0 Å². The van der Waals surface area contributed by atoms with Gasteiger partial charge in [0.05, 0.1) is 13.2 Å². The third-order valence-corrected chi connectivity index (χ3v) is 11.6. The van der Waals surface area contributed by atoms with Crippen LogP contribution in [0.1, 0.15) is 226 Å². The van der Waals surface area contributed by atoms with E-state index >= 15 is 0 Å². The molecule has 356 valence electrons. The van der Waals surface area contributed by atoms with Crippen molar-refractivity contribution in [2.24, 2.45) is 5.73 Å². The summed E-state index contributed by atoms with van der Waals surface area (Å²) in [6, 6.07) is -1.53. The van der Waals surface area contributed by atoms with E-state index in [2.05, 4.69) is 54.8 Å². The van der Waals surface area contributed by atoms with Gasteiger partial charge in [0, 0.05) is 12.8 Å². The highest BCUT2D eigenvalue weighted by Gasteiger charge is 2.28. The van der Waals surface area contributed by atoms with E-state index in [1.807, 2.05) is 0 Å². The zero-order valence-electron chi connectivity index (χ0n) is 38.8. The summed E-state index contributed by atoms with van der Waals surface area (Å²) < 4.78 is 32.7. The van der Waals surface area contributed by atoms with E-state index in [0.717, 1.165) is 57.8 Å². The average molecular weight is 884 g/mol. The Hall–Kier alpha value is -2.30. The number of carbonyl (C=O) groups is 3. The molecule has 0 aromatic heterocycles. The van der Waals surface area contributed by atoms with Crippen molar-refractivity contribution in [1.82, 2.24) is 0 Å². The molecule has 0 aromatic rings. The summed E-state index contributed by atoms with van der Waals surface area (Å²) in [4.78, 5) is 46.0. The van der Waals surface area contributed by atoms with Gasteiger partial charge in [0.1, 0.15) is 12.6 Å². The van der Waals surface area contributed by atoms with Crippen LogP contribution < -0.4 is 5.73 Å². The highest BCUT2D eigenvalue weighted by atomic mass is 31.2. The fourth-order valence-corrected chi connectivity index (χ4v) is 7.62. The molecule has 11 nitrogen and oxygen atoms in total. The predicted octanol–water partition coefficient (Wildman–Crippen LogP) is 13.6. The van der Waals surface area contributed by atoms with Crippen LogP contribution in [0.25, 0.3) is 0 Å². The van der Waals surface area contributed by atoms with Gasteiger partial charge in [-0.25, -0.2) is 4.57 Å². The third-order valence-electron chi connectivity index (χ3n) is 10.7. The van der Waals surface area contributed by atoms with E-state index in [1.54, 1.807) is 0 Å². The van der Waals surface area contributed by atoms with E-state index < -0.39 is 51.1 Å². The summed E-state index contributed by atoms with van der Waals surface area (Å²) in [6.45, 7) is 2.68. The molecule has 12 heteroatoms. The zero-order chi connectivity index (χ0) is 44.9. The minimum atomic E-state index is -4.72. The van der Waals surface area contributed by atoms with E-state index in [-0.39, 0.29) is 19.4 Å². The normalized spacial score (nSPS) is 13.9. The number of allylic oxidation sites excluding steroid dienone is 6. The van der Waals surface area contributed by atoms with Crippen LogP contribution in [0.15, 0.2) is 36.5 Å². The molecule has 0 aromatic carbocycles. The number of phosphoric ester groups is 1. The summed E-state index contributed by atoms with van der Waals surface area (Å²) in [7, 11) is -4.72. The van der Waals surface area contributed by atoms with Crippen LogP contribution in [-0.2, 0) is 37.5 Å². The molecule has 0 aliphatic carbocycles. The first-order valence-corrected chi connectivity index (χ1v) is 26.0. The van der Waals surface area contributed by atoms with Gasteiger partial charge < -0.3 is 25.2 Å². The topological polar surface area (TPSA) is 172 Å². The standard InChI is InChI=1S/C49H90NO10P/c1-3-5-7-9-11-13-15-17-18-19-20-21-22-23-24-25-26-27-29-30-32-34-36-38-40-47(51)57-42-45(43-58-61(55,56)59-44-46(50)49(53)54)60-48(52)41-39-37-35-33-31-28-16-14-12-10-8-6-4-2/h6,8,12,14,28,31,45-46H,3-5,7,9-11,13,15-27,29-30,32-44,50H2,1-2H3,(H,53,54)(H,55,56)/b8-6-,14-12-,31-28-. The Balaban J connectivity index is 4.17. The number of carboxylic acid groups (broad SMARTS) is 1. The van der Waals surface area contributed by atoms with Gasteiger partial charge in [0.2, 0.25) is 0 Å². The Labute approximate surface area is 372 Å². The monoisotopic (exact) mass is 884 g/mol. The molecule has 0 saturated heterocycles. The molecule has 0 bridgehead atoms. The van der Waals surface area contributed by atoms with Crippen LogP contribution in [0.4, 0.5) is 0 Å². The molecule has 0 aliphatic rings.